The van der Waals surface area contributed by atoms with Crippen LogP contribution in [0.2, 0.25) is 0 Å². The highest BCUT2D eigenvalue weighted by Crippen LogP contribution is 2.13. The Balaban J connectivity index is 1.99. The second kappa shape index (κ2) is 7.57. The minimum absolute atomic E-state index is 0.0865. The second-order valence-corrected chi connectivity index (χ2v) is 5.53. The molecule has 7 heteroatoms. The SMILES string of the molecule is CC(=O)c1cccc(NC(=O)[C@@H](C)OC(=O)c2cc(C(C)=O)c[nH]2)c1. The first kappa shape index (κ1) is 18.1. The zero-order chi connectivity index (χ0) is 18.6. The molecule has 0 radical (unpaired) electrons. The van der Waals surface area contributed by atoms with E-state index < -0.39 is 18.0 Å². The normalized spacial score (nSPS) is 11.5. The van der Waals surface area contributed by atoms with Crippen LogP contribution in [0.25, 0.3) is 0 Å². The summed E-state index contributed by atoms with van der Waals surface area (Å²) in [6.07, 6.45) is 0.342. The van der Waals surface area contributed by atoms with Gasteiger partial charge in [-0.1, -0.05) is 12.1 Å². The van der Waals surface area contributed by atoms with E-state index in [4.69, 9.17) is 4.74 Å². The van der Waals surface area contributed by atoms with Crippen molar-refractivity contribution in [3.63, 3.8) is 0 Å². The van der Waals surface area contributed by atoms with Crippen molar-refractivity contribution in [3.05, 3.63) is 53.3 Å². The van der Waals surface area contributed by atoms with Gasteiger partial charge in [-0.05, 0) is 39.0 Å². The molecule has 25 heavy (non-hydrogen) atoms. The number of Topliss-reactive ketones (excluding diaryl/α,β-unsaturated/α-hetero) is 2. The molecule has 1 atom stereocenters. The predicted molar refractivity (Wildman–Crippen MR) is 90.8 cm³/mol. The van der Waals surface area contributed by atoms with Gasteiger partial charge in [-0.2, -0.15) is 0 Å². The molecule has 0 saturated carbocycles. The molecular formula is C18H18N2O5. The summed E-state index contributed by atoms with van der Waals surface area (Å²) in [5.41, 5.74) is 1.33. The number of aromatic amines is 1. The van der Waals surface area contributed by atoms with Crippen molar-refractivity contribution in [1.29, 1.82) is 0 Å². The molecular weight excluding hydrogens is 324 g/mol. The lowest BCUT2D eigenvalue weighted by molar-refractivity contribution is -0.123. The molecule has 0 fully saturated rings. The number of esters is 1. The van der Waals surface area contributed by atoms with Crippen LogP contribution in [0.15, 0.2) is 36.5 Å². The standard InChI is InChI=1S/C18H18N2O5/c1-10(21)13-5-4-6-15(7-13)20-17(23)12(3)25-18(24)16-8-14(9-19-16)11(2)22/h4-9,12,19H,1-3H3,(H,20,23)/t12-/m1/s1. The Kier molecular flexibility index (Phi) is 5.49. The molecule has 0 aliphatic heterocycles. The highest BCUT2D eigenvalue weighted by molar-refractivity contribution is 6.00. The van der Waals surface area contributed by atoms with E-state index in [2.05, 4.69) is 10.3 Å². The van der Waals surface area contributed by atoms with Crippen molar-refractivity contribution in [2.24, 2.45) is 0 Å². The Bertz CT molecular complexity index is 837. The number of carbonyl (C=O) groups excluding carboxylic acids is 4. The summed E-state index contributed by atoms with van der Waals surface area (Å²) >= 11 is 0. The summed E-state index contributed by atoms with van der Waals surface area (Å²) in [6.45, 7) is 4.23. The summed E-state index contributed by atoms with van der Waals surface area (Å²) < 4.78 is 5.08. The first-order valence-corrected chi connectivity index (χ1v) is 7.60. The number of H-pyrrole nitrogens is 1. The van der Waals surface area contributed by atoms with Gasteiger partial charge in [0.1, 0.15) is 5.69 Å². The molecule has 0 unspecified atom stereocenters. The van der Waals surface area contributed by atoms with Gasteiger partial charge in [-0.25, -0.2) is 4.79 Å². The van der Waals surface area contributed by atoms with Gasteiger partial charge in [0, 0.05) is 23.0 Å². The highest BCUT2D eigenvalue weighted by Gasteiger charge is 2.20. The number of ketones is 2. The molecule has 2 N–H and O–H groups in total. The van der Waals surface area contributed by atoms with E-state index in [-0.39, 0.29) is 17.3 Å². The predicted octanol–water partition coefficient (Wildman–Crippen LogP) is 2.60. The first-order valence-electron chi connectivity index (χ1n) is 7.60. The number of benzene rings is 1. The third-order valence-corrected chi connectivity index (χ3v) is 3.50. The average Bonchev–Trinajstić information content (AvgIpc) is 3.05. The van der Waals surface area contributed by atoms with E-state index >= 15 is 0 Å². The van der Waals surface area contributed by atoms with Crippen LogP contribution in [0.3, 0.4) is 0 Å². The highest BCUT2D eigenvalue weighted by atomic mass is 16.5. The number of hydrogen-bond acceptors (Lipinski definition) is 5. The zero-order valence-corrected chi connectivity index (χ0v) is 14.1. The smallest absolute Gasteiger partial charge is 0.355 e. The van der Waals surface area contributed by atoms with Crippen LogP contribution in [-0.4, -0.2) is 34.5 Å². The maximum Gasteiger partial charge on any atom is 0.355 e. The minimum Gasteiger partial charge on any atom is -0.448 e. The van der Waals surface area contributed by atoms with Gasteiger partial charge < -0.3 is 15.0 Å². The van der Waals surface area contributed by atoms with E-state index in [0.29, 0.717) is 16.8 Å². The van der Waals surface area contributed by atoms with Crippen LogP contribution >= 0.6 is 0 Å². The summed E-state index contributed by atoms with van der Waals surface area (Å²) in [7, 11) is 0. The third-order valence-electron chi connectivity index (χ3n) is 3.50. The molecule has 7 nitrogen and oxygen atoms in total. The van der Waals surface area contributed by atoms with Crippen LogP contribution in [0, 0.1) is 0 Å². The van der Waals surface area contributed by atoms with Crippen LogP contribution < -0.4 is 5.32 Å². The number of rotatable bonds is 6. The van der Waals surface area contributed by atoms with E-state index in [1.807, 2.05) is 0 Å². The molecule has 2 aromatic rings. The lowest BCUT2D eigenvalue weighted by atomic mass is 10.1. The fraction of sp³-hybridized carbons (Fsp3) is 0.222. The Hall–Kier alpha value is -3.22. The maximum absolute atomic E-state index is 12.1. The second-order valence-electron chi connectivity index (χ2n) is 5.53. The number of carbonyl (C=O) groups is 4. The number of anilines is 1. The van der Waals surface area contributed by atoms with Gasteiger partial charge in [0.25, 0.3) is 5.91 Å². The van der Waals surface area contributed by atoms with Crippen molar-refractivity contribution < 1.29 is 23.9 Å². The maximum atomic E-state index is 12.1. The van der Waals surface area contributed by atoms with Crippen LogP contribution in [0.4, 0.5) is 5.69 Å². The fourth-order valence-corrected chi connectivity index (χ4v) is 2.05. The molecule has 0 saturated heterocycles. The minimum atomic E-state index is -1.06. The first-order chi connectivity index (χ1) is 11.8. The summed E-state index contributed by atoms with van der Waals surface area (Å²) in [6, 6.07) is 7.82. The van der Waals surface area contributed by atoms with Crippen LogP contribution in [0.1, 0.15) is 52.0 Å². The van der Waals surface area contributed by atoms with E-state index in [1.54, 1.807) is 24.3 Å². The molecule has 1 amide bonds. The largest absolute Gasteiger partial charge is 0.448 e. The lowest BCUT2D eigenvalue weighted by Crippen LogP contribution is -2.30. The molecule has 1 aromatic carbocycles. The Morgan fingerprint density at radius 3 is 2.32 bits per heavy atom. The fourth-order valence-electron chi connectivity index (χ4n) is 2.05. The lowest BCUT2D eigenvalue weighted by Gasteiger charge is -2.13. The zero-order valence-electron chi connectivity index (χ0n) is 14.1. The number of amides is 1. The average molecular weight is 342 g/mol. The summed E-state index contributed by atoms with van der Waals surface area (Å²) in [4.78, 5) is 49.4. The Morgan fingerprint density at radius 2 is 1.72 bits per heavy atom. The van der Waals surface area contributed by atoms with Gasteiger partial charge in [0.2, 0.25) is 0 Å². The molecule has 1 heterocycles. The third kappa shape index (κ3) is 4.63. The molecule has 1 aromatic heterocycles. The molecule has 0 aliphatic rings. The van der Waals surface area contributed by atoms with Crippen molar-refractivity contribution >= 4 is 29.1 Å². The molecule has 130 valence electrons. The van der Waals surface area contributed by atoms with Crippen LogP contribution in [-0.2, 0) is 9.53 Å². The molecule has 0 bridgehead atoms. The molecule has 2 rings (SSSR count). The Morgan fingerprint density at radius 1 is 1.04 bits per heavy atom. The van der Waals surface area contributed by atoms with Crippen molar-refractivity contribution in [2.45, 2.75) is 26.9 Å². The van der Waals surface area contributed by atoms with Gasteiger partial charge in [-0.15, -0.1) is 0 Å². The monoisotopic (exact) mass is 342 g/mol. The topological polar surface area (TPSA) is 105 Å². The van der Waals surface area contributed by atoms with Gasteiger partial charge in [0.15, 0.2) is 17.7 Å². The number of hydrogen-bond donors (Lipinski definition) is 2. The number of aromatic nitrogens is 1. The van der Waals surface area contributed by atoms with E-state index in [9.17, 15) is 19.2 Å². The van der Waals surface area contributed by atoms with Crippen molar-refractivity contribution in [2.75, 3.05) is 5.32 Å². The summed E-state index contributed by atoms with van der Waals surface area (Å²) in [5.74, 6) is -1.59. The quantitative estimate of drug-likeness (QED) is 0.620. The number of ether oxygens (including phenoxy) is 1. The number of nitrogens with one attached hydrogen (secondary N) is 2. The van der Waals surface area contributed by atoms with Crippen molar-refractivity contribution in [3.8, 4) is 0 Å². The van der Waals surface area contributed by atoms with E-state index in [0.717, 1.165) is 0 Å². The van der Waals surface area contributed by atoms with E-state index in [1.165, 1.54) is 33.0 Å². The van der Waals surface area contributed by atoms with Crippen molar-refractivity contribution in [1.82, 2.24) is 4.98 Å². The molecule has 0 aliphatic carbocycles. The summed E-state index contributed by atoms with van der Waals surface area (Å²) in [5, 5.41) is 2.58. The molecule has 0 spiro atoms. The van der Waals surface area contributed by atoms with Gasteiger partial charge in [-0.3, -0.25) is 14.4 Å². The van der Waals surface area contributed by atoms with Gasteiger partial charge >= 0.3 is 5.97 Å². The Labute approximate surface area is 144 Å². The van der Waals surface area contributed by atoms with Gasteiger partial charge in [0.05, 0.1) is 0 Å². The van der Waals surface area contributed by atoms with Crippen LogP contribution in [0.5, 0.6) is 0 Å².